The summed E-state index contributed by atoms with van der Waals surface area (Å²) in [5, 5.41) is 0. The van der Waals surface area contributed by atoms with Crippen LogP contribution in [0, 0.1) is 0 Å². The fourth-order valence-corrected chi connectivity index (χ4v) is 0.557. The third-order valence-corrected chi connectivity index (χ3v) is 1.23. The minimum atomic E-state index is 0.222. The predicted molar refractivity (Wildman–Crippen MR) is 37.7 cm³/mol. The zero-order valence-electron chi connectivity index (χ0n) is 5.78. The molecule has 1 nitrogen and oxygen atoms in total. The van der Waals surface area contributed by atoms with Gasteiger partial charge in [0.05, 0.1) is 0 Å². The van der Waals surface area contributed by atoms with Crippen molar-refractivity contribution in [2.75, 3.05) is 0 Å². The van der Waals surface area contributed by atoms with Crippen LogP contribution in [0.15, 0.2) is 12.2 Å². The summed E-state index contributed by atoms with van der Waals surface area (Å²) in [6, 6.07) is 0.222. The minimum absolute atomic E-state index is 0.222. The van der Waals surface area contributed by atoms with E-state index < -0.39 is 0 Å². The molecule has 0 heterocycles. The molecule has 0 bridgehead atoms. The Kier molecular flexibility index (Phi) is 3.53. The lowest BCUT2D eigenvalue weighted by Crippen LogP contribution is -2.19. The van der Waals surface area contributed by atoms with Crippen molar-refractivity contribution in [1.29, 1.82) is 0 Å². The summed E-state index contributed by atoms with van der Waals surface area (Å²) in [4.78, 5) is 0. The molecule has 0 aliphatic rings. The van der Waals surface area contributed by atoms with Gasteiger partial charge >= 0.3 is 0 Å². The predicted octanol–water partition coefficient (Wildman–Crippen LogP) is 1.69. The summed E-state index contributed by atoms with van der Waals surface area (Å²) in [6.07, 6.45) is 2.21. The van der Waals surface area contributed by atoms with Crippen LogP contribution in [-0.4, -0.2) is 6.04 Å². The quantitative estimate of drug-likeness (QED) is 0.554. The van der Waals surface area contributed by atoms with E-state index in [2.05, 4.69) is 13.5 Å². The van der Waals surface area contributed by atoms with E-state index >= 15 is 0 Å². The average molecular weight is 113 g/mol. The normalized spacial score (nSPS) is 13.4. The second-order valence-electron chi connectivity index (χ2n) is 2.24. The van der Waals surface area contributed by atoms with Crippen LogP contribution >= 0.6 is 0 Å². The lowest BCUT2D eigenvalue weighted by atomic mass is 10.1. The minimum Gasteiger partial charge on any atom is -0.324 e. The van der Waals surface area contributed by atoms with Crippen molar-refractivity contribution in [2.24, 2.45) is 5.73 Å². The Morgan fingerprint density at radius 2 is 2.25 bits per heavy atom. The largest absolute Gasteiger partial charge is 0.324 e. The SMILES string of the molecule is C=C(C)C(N)CCC. The van der Waals surface area contributed by atoms with Crippen molar-refractivity contribution >= 4 is 0 Å². The molecule has 8 heavy (non-hydrogen) atoms. The van der Waals surface area contributed by atoms with E-state index in [-0.39, 0.29) is 6.04 Å². The van der Waals surface area contributed by atoms with Gasteiger partial charge in [0, 0.05) is 6.04 Å². The monoisotopic (exact) mass is 113 g/mol. The fourth-order valence-electron chi connectivity index (χ4n) is 0.557. The smallest absolute Gasteiger partial charge is 0.0248 e. The van der Waals surface area contributed by atoms with Crippen LogP contribution in [0.4, 0.5) is 0 Å². The highest BCUT2D eigenvalue weighted by Gasteiger charge is 1.97. The Morgan fingerprint density at radius 1 is 1.75 bits per heavy atom. The molecular formula is C7H15N. The van der Waals surface area contributed by atoms with E-state index in [4.69, 9.17) is 5.73 Å². The maximum atomic E-state index is 5.63. The van der Waals surface area contributed by atoms with E-state index in [1.807, 2.05) is 6.92 Å². The van der Waals surface area contributed by atoms with E-state index in [1.165, 1.54) is 0 Å². The van der Waals surface area contributed by atoms with E-state index in [0.717, 1.165) is 18.4 Å². The summed E-state index contributed by atoms with van der Waals surface area (Å²) in [7, 11) is 0. The summed E-state index contributed by atoms with van der Waals surface area (Å²) in [5.74, 6) is 0. The molecule has 0 aliphatic heterocycles. The molecule has 0 amide bonds. The molecule has 0 aromatic heterocycles. The van der Waals surface area contributed by atoms with Crippen LogP contribution in [0.25, 0.3) is 0 Å². The molecule has 0 saturated heterocycles. The number of nitrogens with two attached hydrogens (primary N) is 1. The van der Waals surface area contributed by atoms with Gasteiger partial charge in [-0.05, 0) is 13.3 Å². The Balaban J connectivity index is 3.32. The van der Waals surface area contributed by atoms with Crippen LogP contribution in [-0.2, 0) is 0 Å². The Labute approximate surface area is 51.6 Å². The zero-order valence-corrected chi connectivity index (χ0v) is 5.78. The number of rotatable bonds is 3. The molecule has 0 radical (unpaired) electrons. The van der Waals surface area contributed by atoms with Gasteiger partial charge in [-0.3, -0.25) is 0 Å². The second-order valence-corrected chi connectivity index (χ2v) is 2.24. The summed E-state index contributed by atoms with van der Waals surface area (Å²) >= 11 is 0. The molecule has 0 saturated carbocycles. The molecule has 2 N–H and O–H groups in total. The zero-order chi connectivity index (χ0) is 6.57. The molecule has 0 spiro atoms. The molecule has 0 rings (SSSR count). The Hall–Kier alpha value is -0.300. The number of hydrogen-bond acceptors (Lipinski definition) is 1. The highest BCUT2D eigenvalue weighted by atomic mass is 14.6. The third-order valence-electron chi connectivity index (χ3n) is 1.23. The molecule has 0 aliphatic carbocycles. The van der Waals surface area contributed by atoms with Gasteiger partial charge in [0.25, 0.3) is 0 Å². The van der Waals surface area contributed by atoms with Gasteiger partial charge < -0.3 is 5.73 Å². The van der Waals surface area contributed by atoms with Crippen molar-refractivity contribution in [3.05, 3.63) is 12.2 Å². The van der Waals surface area contributed by atoms with Gasteiger partial charge in [0.1, 0.15) is 0 Å². The summed E-state index contributed by atoms with van der Waals surface area (Å²) in [6.45, 7) is 7.85. The van der Waals surface area contributed by atoms with E-state index in [1.54, 1.807) is 0 Å². The highest BCUT2D eigenvalue weighted by molar-refractivity contribution is 4.98. The lowest BCUT2D eigenvalue weighted by molar-refractivity contribution is 0.675. The lowest BCUT2D eigenvalue weighted by Gasteiger charge is -2.07. The first-order valence-corrected chi connectivity index (χ1v) is 3.09. The highest BCUT2D eigenvalue weighted by Crippen LogP contribution is 2.00. The standard InChI is InChI=1S/C7H15N/c1-4-5-7(8)6(2)3/h7H,2,4-5,8H2,1,3H3. The first kappa shape index (κ1) is 7.70. The van der Waals surface area contributed by atoms with Crippen LogP contribution in [0.3, 0.4) is 0 Å². The van der Waals surface area contributed by atoms with Gasteiger partial charge in [-0.2, -0.15) is 0 Å². The molecule has 1 unspecified atom stereocenters. The first-order valence-electron chi connectivity index (χ1n) is 3.09. The van der Waals surface area contributed by atoms with Crippen molar-refractivity contribution in [3.63, 3.8) is 0 Å². The summed E-state index contributed by atoms with van der Waals surface area (Å²) in [5.41, 5.74) is 6.72. The topological polar surface area (TPSA) is 26.0 Å². The fraction of sp³-hybridized carbons (Fsp3) is 0.714. The molecule has 0 aromatic rings. The molecule has 48 valence electrons. The Bertz CT molecular complexity index is 76.5. The van der Waals surface area contributed by atoms with E-state index in [9.17, 15) is 0 Å². The van der Waals surface area contributed by atoms with Gasteiger partial charge in [0.15, 0.2) is 0 Å². The van der Waals surface area contributed by atoms with Crippen molar-refractivity contribution in [2.45, 2.75) is 32.7 Å². The molecule has 1 atom stereocenters. The molecular weight excluding hydrogens is 98.1 g/mol. The molecule has 0 fully saturated rings. The molecule has 0 aromatic carbocycles. The van der Waals surface area contributed by atoms with Crippen molar-refractivity contribution < 1.29 is 0 Å². The Morgan fingerprint density at radius 3 is 2.38 bits per heavy atom. The average Bonchev–Trinajstić information content (AvgIpc) is 1.67. The third kappa shape index (κ3) is 2.80. The van der Waals surface area contributed by atoms with E-state index in [0.29, 0.717) is 0 Å². The summed E-state index contributed by atoms with van der Waals surface area (Å²) < 4.78 is 0. The van der Waals surface area contributed by atoms with Crippen LogP contribution in [0.2, 0.25) is 0 Å². The second kappa shape index (κ2) is 3.67. The van der Waals surface area contributed by atoms with Gasteiger partial charge in [-0.15, -0.1) is 0 Å². The van der Waals surface area contributed by atoms with Gasteiger partial charge in [0.2, 0.25) is 0 Å². The van der Waals surface area contributed by atoms with Gasteiger partial charge in [-0.25, -0.2) is 0 Å². The van der Waals surface area contributed by atoms with Crippen molar-refractivity contribution in [3.8, 4) is 0 Å². The van der Waals surface area contributed by atoms with Crippen molar-refractivity contribution in [1.82, 2.24) is 0 Å². The number of hydrogen-bond donors (Lipinski definition) is 1. The van der Waals surface area contributed by atoms with Gasteiger partial charge in [-0.1, -0.05) is 25.5 Å². The maximum absolute atomic E-state index is 5.63. The maximum Gasteiger partial charge on any atom is 0.0248 e. The van der Waals surface area contributed by atoms with Crippen LogP contribution < -0.4 is 5.73 Å². The van der Waals surface area contributed by atoms with Crippen LogP contribution in [0.1, 0.15) is 26.7 Å². The first-order chi connectivity index (χ1) is 3.68. The van der Waals surface area contributed by atoms with Crippen LogP contribution in [0.5, 0.6) is 0 Å². The molecule has 1 heteroatoms.